The molecule has 5 nitrogen and oxygen atoms in total. The maximum atomic E-state index is 12.1. The van der Waals surface area contributed by atoms with E-state index in [4.69, 9.17) is 0 Å². The molecule has 2 N–H and O–H groups in total. The smallest absolute Gasteiger partial charge is 0.242 e. The summed E-state index contributed by atoms with van der Waals surface area (Å²) < 4.78 is 0. The number of hydrogen-bond acceptors (Lipinski definition) is 3. The van der Waals surface area contributed by atoms with Crippen molar-refractivity contribution in [3.05, 3.63) is 0 Å². The molecule has 0 aliphatic rings. The summed E-state index contributed by atoms with van der Waals surface area (Å²) >= 11 is 0. The van der Waals surface area contributed by atoms with Crippen LogP contribution in [0.3, 0.4) is 0 Å². The van der Waals surface area contributed by atoms with Gasteiger partial charge in [0.15, 0.2) is 0 Å². The molecule has 0 radical (unpaired) electrons. The molecule has 2 amide bonds. The Morgan fingerprint density at radius 1 is 1.35 bits per heavy atom. The van der Waals surface area contributed by atoms with Gasteiger partial charge in [-0.15, -0.1) is 0 Å². The van der Waals surface area contributed by atoms with E-state index in [-0.39, 0.29) is 17.7 Å². The molecule has 17 heavy (non-hydrogen) atoms. The zero-order valence-corrected chi connectivity index (χ0v) is 11.8. The Kier molecular flexibility index (Phi) is 6.16. The molecule has 0 heterocycles. The van der Waals surface area contributed by atoms with Crippen molar-refractivity contribution in [1.29, 1.82) is 0 Å². The van der Waals surface area contributed by atoms with E-state index in [9.17, 15) is 9.59 Å². The van der Waals surface area contributed by atoms with Crippen molar-refractivity contribution < 1.29 is 9.59 Å². The van der Waals surface area contributed by atoms with Gasteiger partial charge in [-0.05, 0) is 20.4 Å². The minimum absolute atomic E-state index is 0.00453. The molecule has 0 aromatic rings. The van der Waals surface area contributed by atoms with Gasteiger partial charge in [0.25, 0.3) is 0 Å². The third-order valence-electron chi connectivity index (χ3n) is 2.74. The minimum atomic E-state index is -0.591. The summed E-state index contributed by atoms with van der Waals surface area (Å²) in [5.41, 5.74) is -0.591. The van der Waals surface area contributed by atoms with E-state index in [1.807, 2.05) is 27.7 Å². The quantitative estimate of drug-likeness (QED) is 0.701. The van der Waals surface area contributed by atoms with E-state index in [0.717, 1.165) is 6.54 Å². The largest absolute Gasteiger partial charge is 0.359 e. The molecule has 0 fully saturated rings. The monoisotopic (exact) mass is 243 g/mol. The second kappa shape index (κ2) is 6.59. The lowest BCUT2D eigenvalue weighted by molar-refractivity contribution is -0.137. The predicted molar refractivity (Wildman–Crippen MR) is 68.6 cm³/mol. The summed E-state index contributed by atoms with van der Waals surface area (Å²) in [4.78, 5) is 25.1. The Labute approximate surface area is 104 Å². The van der Waals surface area contributed by atoms with Crippen molar-refractivity contribution in [3.8, 4) is 0 Å². The summed E-state index contributed by atoms with van der Waals surface area (Å²) in [5, 5.41) is 5.71. The van der Waals surface area contributed by atoms with Crippen LogP contribution in [0.1, 0.15) is 27.7 Å². The van der Waals surface area contributed by atoms with Crippen LogP contribution in [0.2, 0.25) is 0 Å². The number of nitrogens with one attached hydrogen (secondary N) is 2. The molecule has 5 heteroatoms. The van der Waals surface area contributed by atoms with Crippen molar-refractivity contribution in [2.45, 2.75) is 33.2 Å². The van der Waals surface area contributed by atoms with Gasteiger partial charge in [-0.3, -0.25) is 9.59 Å². The first kappa shape index (κ1) is 15.9. The zero-order chi connectivity index (χ0) is 13.6. The van der Waals surface area contributed by atoms with Crippen LogP contribution in [0.15, 0.2) is 0 Å². The van der Waals surface area contributed by atoms with Gasteiger partial charge < -0.3 is 15.5 Å². The average molecular weight is 243 g/mol. The standard InChI is InChI=1S/C12H25N3O2/c1-7-14-12(3,4)11(17)15(6)8-9(2)10(16)13-5/h9,14H,7-8H2,1-6H3,(H,13,16). The zero-order valence-electron chi connectivity index (χ0n) is 11.8. The van der Waals surface area contributed by atoms with Gasteiger partial charge in [0, 0.05) is 20.6 Å². The molecule has 0 spiro atoms. The van der Waals surface area contributed by atoms with Crippen LogP contribution in [0.5, 0.6) is 0 Å². The fourth-order valence-corrected chi connectivity index (χ4v) is 1.82. The molecule has 0 aromatic heterocycles. The average Bonchev–Trinajstić information content (AvgIpc) is 2.26. The molecule has 0 saturated heterocycles. The van der Waals surface area contributed by atoms with Crippen LogP contribution in [0, 0.1) is 5.92 Å². The number of hydrogen-bond donors (Lipinski definition) is 2. The number of carbonyl (C=O) groups excluding carboxylic acids is 2. The molecule has 0 saturated carbocycles. The number of likely N-dealkylation sites (N-methyl/N-ethyl adjacent to an activating group) is 2. The van der Waals surface area contributed by atoms with Crippen LogP contribution in [0.25, 0.3) is 0 Å². The van der Waals surface area contributed by atoms with Crippen molar-refractivity contribution in [2.24, 2.45) is 5.92 Å². The van der Waals surface area contributed by atoms with Crippen molar-refractivity contribution in [2.75, 3.05) is 27.2 Å². The van der Waals surface area contributed by atoms with Gasteiger partial charge in [0.1, 0.15) is 0 Å². The van der Waals surface area contributed by atoms with E-state index < -0.39 is 5.54 Å². The Bertz CT molecular complexity index is 277. The molecule has 0 aromatic carbocycles. The van der Waals surface area contributed by atoms with E-state index >= 15 is 0 Å². The summed E-state index contributed by atoms with van der Waals surface area (Å²) in [7, 11) is 3.32. The van der Waals surface area contributed by atoms with Crippen LogP contribution in [-0.2, 0) is 9.59 Å². The van der Waals surface area contributed by atoms with Gasteiger partial charge in [0.05, 0.1) is 11.5 Å². The normalized spacial score (nSPS) is 13.1. The molecule has 100 valence electrons. The molecule has 0 aliphatic carbocycles. The third kappa shape index (κ3) is 4.73. The summed E-state index contributed by atoms with van der Waals surface area (Å²) in [6.45, 7) is 8.62. The fraction of sp³-hybridized carbons (Fsp3) is 0.833. The second-order valence-corrected chi connectivity index (χ2v) is 4.86. The Balaban J connectivity index is 4.46. The van der Waals surface area contributed by atoms with E-state index in [2.05, 4.69) is 10.6 Å². The van der Waals surface area contributed by atoms with Crippen LogP contribution >= 0.6 is 0 Å². The summed E-state index contributed by atoms with van der Waals surface area (Å²) in [6, 6.07) is 0. The van der Waals surface area contributed by atoms with Gasteiger partial charge in [-0.1, -0.05) is 13.8 Å². The van der Waals surface area contributed by atoms with E-state index in [1.54, 1.807) is 19.0 Å². The predicted octanol–water partition coefficient (Wildman–Crippen LogP) is 0.215. The lowest BCUT2D eigenvalue weighted by Crippen LogP contribution is -2.54. The van der Waals surface area contributed by atoms with Crippen LogP contribution in [0.4, 0.5) is 0 Å². The SMILES string of the molecule is CCNC(C)(C)C(=O)N(C)CC(C)C(=O)NC. The lowest BCUT2D eigenvalue weighted by Gasteiger charge is -2.31. The van der Waals surface area contributed by atoms with Gasteiger partial charge >= 0.3 is 0 Å². The maximum absolute atomic E-state index is 12.1. The number of rotatable bonds is 6. The highest BCUT2D eigenvalue weighted by molar-refractivity contribution is 5.86. The number of carbonyl (C=O) groups is 2. The Hall–Kier alpha value is -1.10. The minimum Gasteiger partial charge on any atom is -0.359 e. The highest BCUT2D eigenvalue weighted by atomic mass is 16.2. The topological polar surface area (TPSA) is 61.4 Å². The molecule has 1 unspecified atom stereocenters. The third-order valence-corrected chi connectivity index (χ3v) is 2.74. The highest BCUT2D eigenvalue weighted by Crippen LogP contribution is 2.08. The van der Waals surface area contributed by atoms with Gasteiger partial charge in [-0.25, -0.2) is 0 Å². The van der Waals surface area contributed by atoms with Gasteiger partial charge in [-0.2, -0.15) is 0 Å². The van der Waals surface area contributed by atoms with Crippen molar-refractivity contribution >= 4 is 11.8 Å². The van der Waals surface area contributed by atoms with Crippen LogP contribution in [-0.4, -0.2) is 49.4 Å². The molecule has 0 aliphatic heterocycles. The summed E-state index contributed by atoms with van der Waals surface area (Å²) in [6.07, 6.45) is 0. The number of nitrogens with zero attached hydrogens (tertiary/aromatic N) is 1. The first-order valence-electron chi connectivity index (χ1n) is 5.98. The van der Waals surface area contributed by atoms with Crippen molar-refractivity contribution in [1.82, 2.24) is 15.5 Å². The Morgan fingerprint density at radius 2 is 1.88 bits per heavy atom. The number of amides is 2. The first-order valence-corrected chi connectivity index (χ1v) is 5.98. The van der Waals surface area contributed by atoms with Crippen molar-refractivity contribution in [3.63, 3.8) is 0 Å². The highest BCUT2D eigenvalue weighted by Gasteiger charge is 2.30. The van der Waals surface area contributed by atoms with E-state index in [1.165, 1.54) is 0 Å². The molecule has 1 atom stereocenters. The molecule has 0 bridgehead atoms. The molecule has 0 rings (SSSR count). The van der Waals surface area contributed by atoms with Gasteiger partial charge in [0.2, 0.25) is 11.8 Å². The van der Waals surface area contributed by atoms with Crippen LogP contribution < -0.4 is 10.6 Å². The summed E-state index contributed by atoms with van der Waals surface area (Å²) in [5.74, 6) is -0.257. The first-order chi connectivity index (χ1) is 7.76. The lowest BCUT2D eigenvalue weighted by atomic mass is 10.0. The molecular weight excluding hydrogens is 218 g/mol. The van der Waals surface area contributed by atoms with E-state index in [0.29, 0.717) is 6.54 Å². The molecular formula is C12H25N3O2. The fourth-order valence-electron chi connectivity index (χ4n) is 1.82. The second-order valence-electron chi connectivity index (χ2n) is 4.86. The Morgan fingerprint density at radius 3 is 2.29 bits per heavy atom. The maximum Gasteiger partial charge on any atom is 0.242 e.